The Morgan fingerprint density at radius 2 is 2.19 bits per heavy atom. The molecule has 0 saturated carbocycles. The second-order valence-corrected chi connectivity index (χ2v) is 6.19. The van der Waals surface area contributed by atoms with Crippen molar-refractivity contribution >= 4 is 50.4 Å². The largest absolute Gasteiger partial charge is 0.314 e. The third-order valence-electron chi connectivity index (χ3n) is 3.78. The van der Waals surface area contributed by atoms with Gasteiger partial charge < -0.3 is 4.57 Å². The first-order valence-electron chi connectivity index (χ1n) is 6.55. The van der Waals surface area contributed by atoms with Gasteiger partial charge in [0.15, 0.2) is 0 Å². The van der Waals surface area contributed by atoms with Crippen LogP contribution in [0.1, 0.15) is 24.7 Å². The van der Waals surface area contributed by atoms with Gasteiger partial charge in [-0.25, -0.2) is 4.98 Å². The molecule has 110 valence electrons. The number of imidazole rings is 1. The zero-order valence-corrected chi connectivity index (χ0v) is 13.7. The van der Waals surface area contributed by atoms with Crippen LogP contribution < -0.4 is 0 Å². The molecule has 1 aromatic heterocycles. The van der Waals surface area contributed by atoms with Gasteiger partial charge in [0, 0.05) is 17.9 Å². The molecule has 0 spiro atoms. The number of rotatable bonds is 2. The summed E-state index contributed by atoms with van der Waals surface area (Å²) in [6, 6.07) is 5.27. The zero-order chi connectivity index (χ0) is 15.1. The molecule has 1 aliphatic heterocycles. The highest BCUT2D eigenvalue weighted by atomic mass is 79.9. The summed E-state index contributed by atoms with van der Waals surface area (Å²) in [7, 11) is 1.52. The first kappa shape index (κ1) is 14.5. The fourth-order valence-corrected chi connectivity index (χ4v) is 3.23. The molecule has 2 heterocycles. The smallest absolute Gasteiger partial charge is 0.252 e. The van der Waals surface area contributed by atoms with E-state index in [0.29, 0.717) is 18.7 Å². The molecule has 2 amide bonds. The molecule has 1 unspecified atom stereocenters. The highest BCUT2D eigenvalue weighted by molar-refractivity contribution is 9.10. The summed E-state index contributed by atoms with van der Waals surface area (Å²) < 4.78 is 2.77. The van der Waals surface area contributed by atoms with Crippen molar-refractivity contribution in [3.63, 3.8) is 0 Å². The van der Waals surface area contributed by atoms with E-state index in [4.69, 9.17) is 11.6 Å². The third kappa shape index (κ3) is 2.36. The first-order chi connectivity index (χ1) is 10.0. The van der Waals surface area contributed by atoms with Gasteiger partial charge in [-0.15, -0.1) is 11.6 Å². The van der Waals surface area contributed by atoms with Crippen molar-refractivity contribution < 1.29 is 9.59 Å². The minimum atomic E-state index is -0.430. The fourth-order valence-electron chi connectivity index (χ4n) is 2.70. The van der Waals surface area contributed by atoms with Gasteiger partial charge in [-0.2, -0.15) is 0 Å². The molecule has 21 heavy (non-hydrogen) atoms. The maximum Gasteiger partial charge on any atom is 0.252 e. The molecule has 1 atom stereocenters. The Bertz CT molecular complexity index is 743. The normalized spacial score (nSPS) is 19.6. The van der Waals surface area contributed by atoms with Crippen LogP contribution in [0.2, 0.25) is 0 Å². The molecule has 1 saturated heterocycles. The van der Waals surface area contributed by atoms with Crippen LogP contribution in [0.4, 0.5) is 0 Å². The van der Waals surface area contributed by atoms with Gasteiger partial charge in [-0.1, -0.05) is 15.9 Å². The SMILES string of the molecule is CN1C(=O)CCC(n2c(CCl)nc3ccc(Br)cc32)C1=O. The number of carbonyl (C=O) groups is 2. The number of halogens is 2. The molecule has 0 N–H and O–H groups in total. The van der Waals surface area contributed by atoms with Crippen molar-refractivity contribution in [3.8, 4) is 0 Å². The number of amides is 2. The topological polar surface area (TPSA) is 55.2 Å². The number of likely N-dealkylation sites (tertiary alicyclic amines) is 1. The highest BCUT2D eigenvalue weighted by Crippen LogP contribution is 2.30. The average Bonchev–Trinajstić information content (AvgIpc) is 2.83. The van der Waals surface area contributed by atoms with E-state index in [9.17, 15) is 9.59 Å². The second-order valence-electron chi connectivity index (χ2n) is 5.01. The maximum absolute atomic E-state index is 12.4. The Kier molecular flexibility index (Phi) is 3.75. The maximum atomic E-state index is 12.4. The molecule has 1 fully saturated rings. The van der Waals surface area contributed by atoms with Crippen LogP contribution in [-0.2, 0) is 15.5 Å². The number of piperidine rings is 1. The number of fused-ring (bicyclic) bond motifs is 1. The molecule has 7 heteroatoms. The minimum absolute atomic E-state index is 0.144. The lowest BCUT2D eigenvalue weighted by Crippen LogP contribution is -2.43. The highest BCUT2D eigenvalue weighted by Gasteiger charge is 2.34. The predicted molar refractivity (Wildman–Crippen MR) is 83.0 cm³/mol. The standard InChI is InChI=1S/C14H13BrClN3O2/c1-18-13(20)5-4-10(14(18)21)19-11-6-8(15)2-3-9(11)17-12(19)7-16/h2-3,6,10H,4-5,7H2,1H3. The molecule has 0 aliphatic carbocycles. The molecule has 0 radical (unpaired) electrons. The molecule has 5 nitrogen and oxygen atoms in total. The van der Waals surface area contributed by atoms with Crippen LogP contribution in [0.3, 0.4) is 0 Å². The van der Waals surface area contributed by atoms with E-state index >= 15 is 0 Å². The molecule has 0 bridgehead atoms. The van der Waals surface area contributed by atoms with Crippen molar-refractivity contribution in [2.45, 2.75) is 24.8 Å². The Balaban J connectivity index is 2.16. The van der Waals surface area contributed by atoms with Crippen LogP contribution in [0.5, 0.6) is 0 Å². The number of likely N-dealkylation sites (N-methyl/N-ethyl adjacent to an activating group) is 1. The Hall–Kier alpha value is -1.40. The number of benzene rings is 1. The van der Waals surface area contributed by atoms with E-state index in [-0.39, 0.29) is 17.7 Å². The van der Waals surface area contributed by atoms with Crippen LogP contribution in [0.15, 0.2) is 22.7 Å². The lowest BCUT2D eigenvalue weighted by atomic mass is 10.0. The molecular weight excluding hydrogens is 358 g/mol. The van der Waals surface area contributed by atoms with Crippen molar-refractivity contribution in [1.82, 2.24) is 14.5 Å². The van der Waals surface area contributed by atoms with E-state index in [1.807, 2.05) is 22.8 Å². The quantitative estimate of drug-likeness (QED) is 0.603. The summed E-state index contributed by atoms with van der Waals surface area (Å²) in [6.45, 7) is 0. The van der Waals surface area contributed by atoms with Crippen LogP contribution in [0.25, 0.3) is 11.0 Å². The average molecular weight is 371 g/mol. The van der Waals surface area contributed by atoms with Crippen molar-refractivity contribution in [3.05, 3.63) is 28.5 Å². The Morgan fingerprint density at radius 3 is 2.90 bits per heavy atom. The first-order valence-corrected chi connectivity index (χ1v) is 7.88. The van der Waals surface area contributed by atoms with Crippen LogP contribution >= 0.6 is 27.5 Å². The molecule has 1 aliphatic rings. The van der Waals surface area contributed by atoms with Gasteiger partial charge in [0.25, 0.3) is 5.91 Å². The molecule has 1 aromatic carbocycles. The molecular formula is C14H13BrClN3O2. The zero-order valence-electron chi connectivity index (χ0n) is 11.3. The summed E-state index contributed by atoms with van der Waals surface area (Å²) in [5.41, 5.74) is 1.64. The summed E-state index contributed by atoms with van der Waals surface area (Å²) in [4.78, 5) is 29.7. The van der Waals surface area contributed by atoms with Crippen molar-refractivity contribution in [1.29, 1.82) is 0 Å². The van der Waals surface area contributed by atoms with Crippen molar-refractivity contribution in [2.75, 3.05) is 7.05 Å². The monoisotopic (exact) mass is 369 g/mol. The number of aromatic nitrogens is 2. The van der Waals surface area contributed by atoms with Gasteiger partial charge in [0.1, 0.15) is 11.9 Å². The van der Waals surface area contributed by atoms with Gasteiger partial charge in [0.2, 0.25) is 5.91 Å². The third-order valence-corrected chi connectivity index (χ3v) is 4.51. The number of alkyl halides is 1. The Labute approximate surface area is 135 Å². The number of hydrogen-bond acceptors (Lipinski definition) is 3. The van der Waals surface area contributed by atoms with Crippen LogP contribution in [-0.4, -0.2) is 33.3 Å². The number of imide groups is 1. The van der Waals surface area contributed by atoms with E-state index in [0.717, 1.165) is 15.5 Å². The van der Waals surface area contributed by atoms with Gasteiger partial charge in [-0.05, 0) is 24.6 Å². The predicted octanol–water partition coefficient (Wildman–Crippen LogP) is 2.86. The number of carbonyl (C=O) groups excluding carboxylic acids is 2. The molecule has 2 aromatic rings. The summed E-state index contributed by atoms with van der Waals surface area (Å²) in [6.07, 6.45) is 0.826. The minimum Gasteiger partial charge on any atom is -0.314 e. The number of nitrogens with zero attached hydrogens (tertiary/aromatic N) is 3. The van der Waals surface area contributed by atoms with Gasteiger partial charge >= 0.3 is 0 Å². The molecule has 3 rings (SSSR count). The second kappa shape index (κ2) is 5.42. The van der Waals surface area contributed by atoms with Crippen LogP contribution in [0, 0.1) is 0 Å². The summed E-state index contributed by atoms with van der Waals surface area (Å²) in [5, 5.41) is 0. The summed E-state index contributed by atoms with van der Waals surface area (Å²) in [5.74, 6) is 0.505. The van der Waals surface area contributed by atoms with Gasteiger partial charge in [0.05, 0.1) is 16.9 Å². The lowest BCUT2D eigenvalue weighted by molar-refractivity contribution is -0.149. The van der Waals surface area contributed by atoms with E-state index in [2.05, 4.69) is 20.9 Å². The summed E-state index contributed by atoms with van der Waals surface area (Å²) >= 11 is 9.42. The number of hydrogen-bond donors (Lipinski definition) is 0. The lowest BCUT2D eigenvalue weighted by Gasteiger charge is -2.29. The van der Waals surface area contributed by atoms with Crippen molar-refractivity contribution in [2.24, 2.45) is 0 Å². The van der Waals surface area contributed by atoms with E-state index < -0.39 is 6.04 Å². The van der Waals surface area contributed by atoms with Gasteiger partial charge in [-0.3, -0.25) is 14.5 Å². The fraction of sp³-hybridized carbons (Fsp3) is 0.357. The Morgan fingerprint density at radius 1 is 1.43 bits per heavy atom. The van der Waals surface area contributed by atoms with E-state index in [1.165, 1.54) is 11.9 Å². The van der Waals surface area contributed by atoms with E-state index in [1.54, 1.807) is 0 Å².